The molecule has 1 aromatic carbocycles. The fourth-order valence-corrected chi connectivity index (χ4v) is 0.955. The number of hydrogen-bond acceptors (Lipinski definition) is 2. The summed E-state index contributed by atoms with van der Waals surface area (Å²) < 4.78 is 0. The average Bonchev–Trinajstić information content (AvgIpc) is 2.06. The molecular weight excluding hydrogens is 293 g/mol. The topological polar surface area (TPSA) is 63.3 Å². The Hall–Kier alpha value is -0.155. The third-order valence-corrected chi connectivity index (χ3v) is 1.62. The predicted octanol–water partition coefficient (Wildman–Crippen LogP) is 0.641. The van der Waals surface area contributed by atoms with Gasteiger partial charge >= 0.3 is 5.97 Å². The summed E-state index contributed by atoms with van der Waals surface area (Å²) in [5.74, 6) is -0.959. The van der Waals surface area contributed by atoms with Crippen molar-refractivity contribution in [2.75, 3.05) is 0 Å². The standard InChI is InChI=1S/C9H11NO2.La/c10-8(9(11)12)6-7-4-2-1-3-5-7;/h1-5,8H,6,10H2,(H,11,12);. The molecule has 1 aromatic rings. The Morgan fingerprint density at radius 2 is 1.92 bits per heavy atom. The second kappa shape index (κ2) is 6.32. The van der Waals surface area contributed by atoms with Crippen LogP contribution in [0.3, 0.4) is 0 Å². The van der Waals surface area contributed by atoms with E-state index in [-0.39, 0.29) is 35.6 Å². The van der Waals surface area contributed by atoms with Crippen molar-refractivity contribution in [3.63, 3.8) is 0 Å². The fraction of sp³-hybridized carbons (Fsp3) is 0.222. The van der Waals surface area contributed by atoms with Gasteiger partial charge in [0.2, 0.25) is 0 Å². The summed E-state index contributed by atoms with van der Waals surface area (Å²) in [7, 11) is 0. The molecular formula is C9H11LaNO2. The molecule has 0 spiro atoms. The Labute approximate surface area is 105 Å². The molecule has 0 heterocycles. The van der Waals surface area contributed by atoms with Crippen LogP contribution in [0.4, 0.5) is 0 Å². The molecule has 4 heteroatoms. The van der Waals surface area contributed by atoms with Gasteiger partial charge in [-0.15, -0.1) is 0 Å². The summed E-state index contributed by atoms with van der Waals surface area (Å²) in [6.45, 7) is 0. The summed E-state index contributed by atoms with van der Waals surface area (Å²) in [6.07, 6.45) is 0.385. The molecule has 0 aliphatic rings. The first-order valence-electron chi connectivity index (χ1n) is 3.72. The Balaban J connectivity index is 0.00000144. The molecule has 1 radical (unpaired) electrons. The third kappa shape index (κ3) is 4.57. The van der Waals surface area contributed by atoms with Gasteiger partial charge in [-0.3, -0.25) is 4.79 Å². The fourth-order valence-electron chi connectivity index (χ4n) is 0.955. The molecule has 3 nitrogen and oxygen atoms in total. The number of carbonyl (C=O) groups is 1. The molecule has 3 N–H and O–H groups in total. The molecule has 1 unspecified atom stereocenters. The first kappa shape index (κ1) is 12.8. The van der Waals surface area contributed by atoms with Crippen molar-refractivity contribution in [2.45, 2.75) is 12.5 Å². The smallest absolute Gasteiger partial charge is 0.320 e. The Morgan fingerprint density at radius 1 is 1.38 bits per heavy atom. The van der Waals surface area contributed by atoms with Crippen LogP contribution in [0.25, 0.3) is 0 Å². The Kier molecular flexibility index (Phi) is 6.25. The van der Waals surface area contributed by atoms with Crippen LogP contribution in [0.15, 0.2) is 30.3 Å². The summed E-state index contributed by atoms with van der Waals surface area (Å²) >= 11 is 0. The first-order chi connectivity index (χ1) is 5.70. The molecule has 0 amide bonds. The van der Waals surface area contributed by atoms with Gasteiger partial charge in [0.1, 0.15) is 6.04 Å². The van der Waals surface area contributed by atoms with Crippen molar-refractivity contribution in [1.29, 1.82) is 0 Å². The molecule has 0 aliphatic heterocycles. The SMILES string of the molecule is NC(Cc1ccccc1)C(=O)O.[La]. The molecule has 0 bridgehead atoms. The van der Waals surface area contributed by atoms with Crippen LogP contribution in [0.1, 0.15) is 5.56 Å². The number of hydrogen-bond donors (Lipinski definition) is 2. The van der Waals surface area contributed by atoms with E-state index in [4.69, 9.17) is 10.8 Å². The summed E-state index contributed by atoms with van der Waals surface area (Å²) in [4.78, 5) is 10.4. The Bertz CT molecular complexity index is 264. The van der Waals surface area contributed by atoms with Crippen molar-refractivity contribution < 1.29 is 45.5 Å². The number of benzene rings is 1. The van der Waals surface area contributed by atoms with Gasteiger partial charge in [-0.25, -0.2) is 0 Å². The van der Waals surface area contributed by atoms with Crippen molar-refractivity contribution in [3.05, 3.63) is 35.9 Å². The predicted molar refractivity (Wildman–Crippen MR) is 45.8 cm³/mol. The normalized spacial score (nSPS) is 11.5. The van der Waals surface area contributed by atoms with Gasteiger partial charge in [-0.1, -0.05) is 30.3 Å². The van der Waals surface area contributed by atoms with E-state index in [0.717, 1.165) is 5.56 Å². The van der Waals surface area contributed by atoms with Gasteiger partial charge in [0.15, 0.2) is 0 Å². The molecule has 67 valence electrons. The number of rotatable bonds is 3. The summed E-state index contributed by atoms with van der Waals surface area (Å²) in [6, 6.07) is 8.54. The summed E-state index contributed by atoms with van der Waals surface area (Å²) in [5.41, 5.74) is 6.30. The third-order valence-electron chi connectivity index (χ3n) is 1.62. The van der Waals surface area contributed by atoms with Crippen molar-refractivity contribution in [2.24, 2.45) is 5.73 Å². The van der Waals surface area contributed by atoms with E-state index in [1.807, 2.05) is 30.3 Å². The zero-order valence-corrected chi connectivity index (χ0v) is 10.8. The minimum absolute atomic E-state index is 0. The van der Waals surface area contributed by atoms with Crippen LogP contribution in [-0.4, -0.2) is 17.1 Å². The maximum Gasteiger partial charge on any atom is 0.320 e. The molecule has 1 rings (SSSR count). The molecule has 1 atom stereocenters. The van der Waals surface area contributed by atoms with Crippen molar-refractivity contribution >= 4 is 5.97 Å². The van der Waals surface area contributed by atoms with E-state index < -0.39 is 12.0 Å². The second-order valence-electron chi connectivity index (χ2n) is 2.63. The minimum Gasteiger partial charge on any atom is -0.480 e. The van der Waals surface area contributed by atoms with Crippen molar-refractivity contribution in [1.82, 2.24) is 0 Å². The minimum atomic E-state index is -0.959. The van der Waals surface area contributed by atoms with E-state index >= 15 is 0 Å². The summed E-state index contributed by atoms with van der Waals surface area (Å²) in [5, 5.41) is 8.52. The average molecular weight is 304 g/mol. The van der Waals surface area contributed by atoms with Crippen LogP contribution < -0.4 is 5.73 Å². The largest absolute Gasteiger partial charge is 0.480 e. The van der Waals surface area contributed by atoms with Crippen LogP contribution >= 0.6 is 0 Å². The molecule has 0 saturated heterocycles. The van der Waals surface area contributed by atoms with E-state index in [2.05, 4.69) is 0 Å². The molecule has 0 saturated carbocycles. The van der Waals surface area contributed by atoms with Gasteiger partial charge in [0.25, 0.3) is 0 Å². The molecule has 13 heavy (non-hydrogen) atoms. The molecule has 0 aromatic heterocycles. The Morgan fingerprint density at radius 3 is 2.38 bits per heavy atom. The second-order valence-corrected chi connectivity index (χ2v) is 2.63. The number of carboxylic acids is 1. The molecule has 0 aliphatic carbocycles. The van der Waals surface area contributed by atoms with Gasteiger partial charge in [0.05, 0.1) is 0 Å². The van der Waals surface area contributed by atoms with E-state index in [1.54, 1.807) is 0 Å². The maximum atomic E-state index is 10.4. The van der Waals surface area contributed by atoms with E-state index in [0.29, 0.717) is 6.42 Å². The number of carboxylic acid groups (broad SMARTS) is 1. The van der Waals surface area contributed by atoms with Gasteiger partial charge in [-0.05, 0) is 12.0 Å². The van der Waals surface area contributed by atoms with Crippen LogP contribution in [-0.2, 0) is 11.2 Å². The first-order valence-corrected chi connectivity index (χ1v) is 3.72. The number of nitrogens with two attached hydrogens (primary N) is 1. The van der Waals surface area contributed by atoms with Gasteiger partial charge in [-0.2, -0.15) is 0 Å². The van der Waals surface area contributed by atoms with Crippen molar-refractivity contribution in [3.8, 4) is 0 Å². The van der Waals surface area contributed by atoms with E-state index in [9.17, 15) is 4.79 Å². The van der Waals surface area contributed by atoms with Crippen LogP contribution in [0.5, 0.6) is 0 Å². The van der Waals surface area contributed by atoms with Gasteiger partial charge in [0, 0.05) is 35.6 Å². The van der Waals surface area contributed by atoms with Crippen LogP contribution in [0.2, 0.25) is 0 Å². The quantitative estimate of drug-likeness (QED) is 0.861. The number of aliphatic carboxylic acids is 1. The molecule has 0 fully saturated rings. The van der Waals surface area contributed by atoms with Gasteiger partial charge < -0.3 is 10.8 Å². The van der Waals surface area contributed by atoms with E-state index in [1.165, 1.54) is 0 Å². The van der Waals surface area contributed by atoms with Crippen LogP contribution in [0, 0.1) is 35.6 Å². The maximum absolute atomic E-state index is 10.4. The zero-order chi connectivity index (χ0) is 8.97. The zero-order valence-electron chi connectivity index (χ0n) is 7.18. The monoisotopic (exact) mass is 304 g/mol.